The number of nitrogen functional groups attached to an aromatic ring is 1. The number of carbonyl (C=O) groups excluding carboxylic acids is 1. The summed E-state index contributed by atoms with van der Waals surface area (Å²) >= 11 is 0. The molecule has 1 saturated carbocycles. The first-order chi connectivity index (χ1) is 10.2. The van der Waals surface area contributed by atoms with Gasteiger partial charge in [0.15, 0.2) is 0 Å². The Kier molecular flexibility index (Phi) is 4.27. The molecule has 0 aromatic heterocycles. The lowest BCUT2D eigenvalue weighted by molar-refractivity contribution is 0.0938. The number of piperidine rings is 1. The second-order valence-corrected chi connectivity index (χ2v) is 6.61. The van der Waals surface area contributed by atoms with Gasteiger partial charge in [-0.3, -0.25) is 15.1 Å². The number of carbonyl (C=O) groups is 1. The van der Waals surface area contributed by atoms with Crippen LogP contribution in [0, 0.1) is 5.41 Å². The summed E-state index contributed by atoms with van der Waals surface area (Å²) in [4.78, 5) is 14.3. The van der Waals surface area contributed by atoms with E-state index in [1.807, 2.05) is 24.3 Å². The molecule has 3 rings (SSSR count). The molecule has 4 heteroatoms. The molecule has 1 spiro atoms. The van der Waals surface area contributed by atoms with Crippen molar-refractivity contribution in [3.05, 3.63) is 35.4 Å². The minimum atomic E-state index is -0.199. The van der Waals surface area contributed by atoms with E-state index in [1.165, 1.54) is 38.5 Å². The summed E-state index contributed by atoms with van der Waals surface area (Å²) in [7, 11) is 0. The molecule has 1 aliphatic heterocycles. The van der Waals surface area contributed by atoms with Gasteiger partial charge in [-0.25, -0.2) is 5.84 Å². The van der Waals surface area contributed by atoms with E-state index in [9.17, 15) is 4.79 Å². The number of amides is 1. The topological polar surface area (TPSA) is 58.4 Å². The lowest BCUT2D eigenvalue weighted by Crippen LogP contribution is -2.39. The number of hydrazine groups is 1. The van der Waals surface area contributed by atoms with Gasteiger partial charge in [0.05, 0.1) is 0 Å². The fourth-order valence-corrected chi connectivity index (χ4v) is 4.01. The summed E-state index contributed by atoms with van der Waals surface area (Å²) in [6.07, 6.45) is 8.32. The zero-order valence-electron chi connectivity index (χ0n) is 12.6. The van der Waals surface area contributed by atoms with Crippen LogP contribution in [0.1, 0.15) is 54.4 Å². The lowest BCUT2D eigenvalue weighted by Gasteiger charge is -2.39. The van der Waals surface area contributed by atoms with Gasteiger partial charge >= 0.3 is 0 Å². The van der Waals surface area contributed by atoms with Gasteiger partial charge in [-0.2, -0.15) is 0 Å². The highest BCUT2D eigenvalue weighted by molar-refractivity contribution is 5.95. The molecule has 1 amide bonds. The highest BCUT2D eigenvalue weighted by atomic mass is 16.2. The molecular weight excluding hydrogens is 262 g/mol. The summed E-state index contributed by atoms with van der Waals surface area (Å²) in [6, 6.07) is 7.76. The van der Waals surface area contributed by atoms with E-state index < -0.39 is 0 Å². The van der Waals surface area contributed by atoms with E-state index in [4.69, 9.17) is 5.84 Å². The van der Waals surface area contributed by atoms with Gasteiger partial charge in [-0.05, 0) is 55.8 Å². The van der Waals surface area contributed by atoms with Gasteiger partial charge in [-0.15, -0.1) is 0 Å². The zero-order chi connectivity index (χ0) is 14.7. The first kappa shape index (κ1) is 14.5. The van der Waals surface area contributed by atoms with E-state index >= 15 is 0 Å². The van der Waals surface area contributed by atoms with E-state index in [0.29, 0.717) is 11.0 Å². The first-order valence-corrected chi connectivity index (χ1v) is 8.04. The molecule has 1 saturated heterocycles. The molecule has 0 bridgehead atoms. The Balaban J connectivity index is 1.64. The maximum Gasteiger partial charge on any atom is 0.265 e. The van der Waals surface area contributed by atoms with Crippen molar-refractivity contribution < 1.29 is 4.79 Å². The molecule has 0 radical (unpaired) electrons. The van der Waals surface area contributed by atoms with Crippen LogP contribution < -0.4 is 11.3 Å². The molecule has 1 heterocycles. The largest absolute Gasteiger partial charge is 0.299 e. The van der Waals surface area contributed by atoms with Crippen molar-refractivity contribution in [2.45, 2.75) is 45.1 Å². The first-order valence-electron chi connectivity index (χ1n) is 8.04. The third kappa shape index (κ3) is 3.11. The SMILES string of the molecule is NNC(=O)c1ccccc1CN1CCC2(CCCC2)CC1. The molecule has 2 fully saturated rings. The summed E-state index contributed by atoms with van der Waals surface area (Å²) in [5.74, 6) is 5.07. The van der Waals surface area contributed by atoms with Crippen LogP contribution in [0.2, 0.25) is 0 Å². The molecule has 21 heavy (non-hydrogen) atoms. The molecule has 2 aliphatic rings. The van der Waals surface area contributed by atoms with Crippen LogP contribution >= 0.6 is 0 Å². The van der Waals surface area contributed by atoms with Crippen LogP contribution in [0.5, 0.6) is 0 Å². The number of likely N-dealkylation sites (tertiary alicyclic amines) is 1. The van der Waals surface area contributed by atoms with Crippen molar-refractivity contribution in [3.63, 3.8) is 0 Å². The number of benzene rings is 1. The Morgan fingerprint density at radius 2 is 1.81 bits per heavy atom. The minimum absolute atomic E-state index is 0.199. The zero-order valence-corrected chi connectivity index (χ0v) is 12.6. The maximum absolute atomic E-state index is 11.8. The van der Waals surface area contributed by atoms with Gasteiger partial charge in [0.1, 0.15) is 0 Å². The van der Waals surface area contributed by atoms with Crippen LogP contribution in [-0.2, 0) is 6.54 Å². The van der Waals surface area contributed by atoms with Crippen LogP contribution in [0.4, 0.5) is 0 Å². The smallest absolute Gasteiger partial charge is 0.265 e. The summed E-state index contributed by atoms with van der Waals surface area (Å²) < 4.78 is 0. The molecule has 114 valence electrons. The molecule has 1 aliphatic carbocycles. The summed E-state index contributed by atoms with van der Waals surface area (Å²) in [6.45, 7) is 3.15. The number of nitrogens with zero attached hydrogens (tertiary/aromatic N) is 1. The second kappa shape index (κ2) is 6.16. The fourth-order valence-electron chi connectivity index (χ4n) is 4.01. The normalized spacial score (nSPS) is 21.6. The minimum Gasteiger partial charge on any atom is -0.299 e. The quantitative estimate of drug-likeness (QED) is 0.510. The van der Waals surface area contributed by atoms with Crippen molar-refractivity contribution in [1.29, 1.82) is 0 Å². The van der Waals surface area contributed by atoms with Crippen molar-refractivity contribution in [2.75, 3.05) is 13.1 Å². The Hall–Kier alpha value is -1.39. The monoisotopic (exact) mass is 287 g/mol. The van der Waals surface area contributed by atoms with Gasteiger partial charge in [0, 0.05) is 12.1 Å². The second-order valence-electron chi connectivity index (χ2n) is 6.61. The molecule has 0 unspecified atom stereocenters. The van der Waals surface area contributed by atoms with Crippen molar-refractivity contribution in [2.24, 2.45) is 11.3 Å². The van der Waals surface area contributed by atoms with Gasteiger partial charge in [0.25, 0.3) is 5.91 Å². The Labute approximate surface area is 126 Å². The van der Waals surface area contributed by atoms with Gasteiger partial charge in [-0.1, -0.05) is 31.0 Å². The molecule has 0 atom stereocenters. The van der Waals surface area contributed by atoms with E-state index in [-0.39, 0.29) is 5.91 Å². The van der Waals surface area contributed by atoms with Crippen LogP contribution in [-0.4, -0.2) is 23.9 Å². The highest BCUT2D eigenvalue weighted by Gasteiger charge is 2.36. The summed E-state index contributed by atoms with van der Waals surface area (Å²) in [5, 5.41) is 0. The summed E-state index contributed by atoms with van der Waals surface area (Å²) in [5.41, 5.74) is 4.65. The highest BCUT2D eigenvalue weighted by Crippen LogP contribution is 2.46. The molecular formula is C17H25N3O. The number of rotatable bonds is 3. The third-order valence-corrected chi connectivity index (χ3v) is 5.37. The number of nitrogens with one attached hydrogen (secondary N) is 1. The standard InChI is InChI=1S/C17H25N3O/c18-19-16(21)15-6-2-1-5-14(15)13-20-11-9-17(10-12-20)7-3-4-8-17/h1-2,5-6H,3-4,7-13,18H2,(H,19,21). The lowest BCUT2D eigenvalue weighted by atomic mass is 9.77. The molecule has 1 aromatic rings. The average molecular weight is 287 g/mol. The van der Waals surface area contributed by atoms with Gasteiger partial charge in [0.2, 0.25) is 0 Å². The Bertz CT molecular complexity index is 499. The van der Waals surface area contributed by atoms with Gasteiger partial charge < -0.3 is 0 Å². The average Bonchev–Trinajstić information content (AvgIpc) is 2.98. The van der Waals surface area contributed by atoms with E-state index in [2.05, 4.69) is 10.3 Å². The van der Waals surface area contributed by atoms with Crippen molar-refractivity contribution in [3.8, 4) is 0 Å². The van der Waals surface area contributed by atoms with Crippen LogP contribution in [0.25, 0.3) is 0 Å². The van der Waals surface area contributed by atoms with Crippen LogP contribution in [0.3, 0.4) is 0 Å². The Morgan fingerprint density at radius 1 is 1.14 bits per heavy atom. The van der Waals surface area contributed by atoms with Crippen molar-refractivity contribution in [1.82, 2.24) is 10.3 Å². The third-order valence-electron chi connectivity index (χ3n) is 5.37. The molecule has 4 nitrogen and oxygen atoms in total. The number of hydrogen-bond donors (Lipinski definition) is 2. The Morgan fingerprint density at radius 3 is 2.48 bits per heavy atom. The van der Waals surface area contributed by atoms with E-state index in [1.54, 1.807) is 0 Å². The predicted octanol–water partition coefficient (Wildman–Crippen LogP) is 2.45. The number of nitrogens with two attached hydrogens (primary N) is 1. The predicted molar refractivity (Wildman–Crippen MR) is 83.5 cm³/mol. The van der Waals surface area contributed by atoms with E-state index in [0.717, 1.165) is 25.2 Å². The van der Waals surface area contributed by atoms with Crippen LogP contribution in [0.15, 0.2) is 24.3 Å². The maximum atomic E-state index is 11.8. The molecule has 3 N–H and O–H groups in total. The van der Waals surface area contributed by atoms with Crippen molar-refractivity contribution >= 4 is 5.91 Å². The number of hydrogen-bond acceptors (Lipinski definition) is 3. The molecule has 1 aromatic carbocycles. The fraction of sp³-hybridized carbons (Fsp3) is 0.588.